The number of amides is 2. The Labute approximate surface area is 216 Å². The molecule has 0 atom stereocenters. The minimum Gasteiger partial charge on any atom is -0.345 e. The Morgan fingerprint density at radius 3 is 2.40 bits per heavy atom. The lowest BCUT2D eigenvalue weighted by Gasteiger charge is -2.31. The van der Waals surface area contributed by atoms with Crippen LogP contribution in [0.4, 0.5) is 0 Å². The van der Waals surface area contributed by atoms with Crippen LogP contribution >= 0.6 is 11.6 Å². The molecule has 0 unspecified atom stereocenters. The van der Waals surface area contributed by atoms with Crippen LogP contribution in [0.25, 0.3) is 0 Å². The molecule has 0 aliphatic heterocycles. The second-order valence-electron chi connectivity index (χ2n) is 10.7. The topological polar surface area (TPSA) is 45.6 Å². The van der Waals surface area contributed by atoms with Crippen molar-refractivity contribution in [3.05, 3.63) is 58.9 Å². The summed E-state index contributed by atoms with van der Waals surface area (Å²) in [7, 11) is 0. The number of carbonyl (C=O) groups excluding carboxylic acids is 2. The number of hydrogen-bond acceptors (Lipinski definition) is 2. The number of nitrogens with zero attached hydrogens (tertiary/aromatic N) is 3. The van der Waals surface area contributed by atoms with Crippen molar-refractivity contribution in [1.82, 2.24) is 14.4 Å². The lowest BCUT2D eigenvalue weighted by Crippen LogP contribution is -2.46. The van der Waals surface area contributed by atoms with E-state index in [0.29, 0.717) is 37.9 Å². The molecule has 0 N–H and O–H groups in total. The van der Waals surface area contributed by atoms with Crippen LogP contribution in [0.2, 0.25) is 5.02 Å². The molecule has 1 heterocycles. The summed E-state index contributed by atoms with van der Waals surface area (Å²) in [6.07, 6.45) is 8.57. The third kappa shape index (κ3) is 8.13. The molecule has 0 saturated heterocycles. The molecule has 192 valence electrons. The lowest BCUT2D eigenvalue weighted by molar-refractivity contribution is -0.142. The van der Waals surface area contributed by atoms with Crippen LogP contribution in [0.15, 0.2) is 42.6 Å². The van der Waals surface area contributed by atoms with Gasteiger partial charge < -0.3 is 14.4 Å². The molecule has 0 radical (unpaired) electrons. The standard InChI is InChI=1S/C29H42ClN3O2/c1-22(2)18-32(20-26-13-9-17-31(26)19-25-12-7-8-14-27(25)30)29(35)21-33(23(3)4)28(34)16-15-24-10-5-6-11-24/h7-9,12-14,17,22-24H,5-6,10-11,15-16,18-21H2,1-4H3. The Balaban J connectivity index is 1.68. The molecule has 1 aliphatic carbocycles. The molecule has 1 fully saturated rings. The van der Waals surface area contributed by atoms with Gasteiger partial charge in [-0.2, -0.15) is 0 Å². The van der Waals surface area contributed by atoms with Gasteiger partial charge in [-0.05, 0) is 55.9 Å². The highest BCUT2D eigenvalue weighted by Gasteiger charge is 2.26. The van der Waals surface area contributed by atoms with Crippen molar-refractivity contribution in [3.8, 4) is 0 Å². The summed E-state index contributed by atoms with van der Waals surface area (Å²) in [5.41, 5.74) is 2.11. The maximum atomic E-state index is 13.5. The zero-order valence-corrected chi connectivity index (χ0v) is 22.6. The van der Waals surface area contributed by atoms with E-state index in [1.807, 2.05) is 55.3 Å². The molecular weight excluding hydrogens is 458 g/mol. The van der Waals surface area contributed by atoms with E-state index in [1.54, 1.807) is 4.90 Å². The summed E-state index contributed by atoms with van der Waals surface area (Å²) >= 11 is 6.39. The fourth-order valence-electron chi connectivity index (χ4n) is 5.02. The SMILES string of the molecule is CC(C)CN(Cc1cccn1Cc1ccccc1Cl)C(=O)CN(C(=O)CCC1CCCC1)C(C)C. The molecule has 0 spiro atoms. The third-order valence-electron chi connectivity index (χ3n) is 7.00. The molecule has 2 aromatic rings. The molecule has 6 heteroatoms. The lowest BCUT2D eigenvalue weighted by atomic mass is 10.0. The second-order valence-corrected chi connectivity index (χ2v) is 11.1. The van der Waals surface area contributed by atoms with Crippen LogP contribution in [0.1, 0.15) is 77.5 Å². The van der Waals surface area contributed by atoms with Crippen LogP contribution in [0.5, 0.6) is 0 Å². The number of rotatable bonds is 12. The molecular formula is C29H42ClN3O2. The Morgan fingerprint density at radius 1 is 1.03 bits per heavy atom. The smallest absolute Gasteiger partial charge is 0.242 e. The monoisotopic (exact) mass is 499 g/mol. The predicted molar refractivity (Wildman–Crippen MR) is 143 cm³/mol. The molecule has 1 aromatic carbocycles. The minimum absolute atomic E-state index is 0.0000109. The first-order valence-corrected chi connectivity index (χ1v) is 13.6. The largest absolute Gasteiger partial charge is 0.345 e. The summed E-state index contributed by atoms with van der Waals surface area (Å²) in [4.78, 5) is 30.3. The van der Waals surface area contributed by atoms with Crippen LogP contribution in [-0.4, -0.2) is 45.3 Å². The van der Waals surface area contributed by atoms with Crippen molar-refractivity contribution in [2.24, 2.45) is 11.8 Å². The second kappa shape index (κ2) is 13.2. The van der Waals surface area contributed by atoms with Gasteiger partial charge in [-0.3, -0.25) is 9.59 Å². The molecule has 1 saturated carbocycles. The Bertz CT molecular complexity index is 962. The van der Waals surface area contributed by atoms with E-state index in [-0.39, 0.29) is 24.4 Å². The van der Waals surface area contributed by atoms with Crippen molar-refractivity contribution in [2.45, 2.75) is 85.4 Å². The highest BCUT2D eigenvalue weighted by Crippen LogP contribution is 2.29. The van der Waals surface area contributed by atoms with Gasteiger partial charge in [0.2, 0.25) is 11.8 Å². The Morgan fingerprint density at radius 2 is 1.74 bits per heavy atom. The average Bonchev–Trinajstić information content (AvgIpc) is 3.48. The van der Waals surface area contributed by atoms with Gasteiger partial charge in [0.05, 0.1) is 13.1 Å². The molecule has 0 bridgehead atoms. The van der Waals surface area contributed by atoms with Gasteiger partial charge in [-0.15, -0.1) is 0 Å². The molecule has 1 aromatic heterocycles. The van der Waals surface area contributed by atoms with Crippen molar-refractivity contribution in [3.63, 3.8) is 0 Å². The molecule has 5 nitrogen and oxygen atoms in total. The van der Waals surface area contributed by atoms with E-state index in [9.17, 15) is 9.59 Å². The molecule has 2 amide bonds. The van der Waals surface area contributed by atoms with Crippen LogP contribution in [0.3, 0.4) is 0 Å². The predicted octanol–water partition coefficient (Wildman–Crippen LogP) is 6.38. The summed E-state index contributed by atoms with van der Waals surface area (Å²) in [5, 5.41) is 0.742. The number of aromatic nitrogens is 1. The third-order valence-corrected chi connectivity index (χ3v) is 7.37. The normalized spacial score (nSPS) is 14.1. The quantitative estimate of drug-likeness (QED) is 0.340. The summed E-state index contributed by atoms with van der Waals surface area (Å²) < 4.78 is 2.15. The van der Waals surface area contributed by atoms with E-state index in [2.05, 4.69) is 24.5 Å². The fraction of sp³-hybridized carbons (Fsp3) is 0.586. The number of carbonyl (C=O) groups is 2. The summed E-state index contributed by atoms with van der Waals surface area (Å²) in [6, 6.07) is 11.9. The molecule has 1 aliphatic rings. The van der Waals surface area contributed by atoms with Crippen LogP contribution < -0.4 is 0 Å². The van der Waals surface area contributed by atoms with Crippen molar-refractivity contribution in [2.75, 3.05) is 13.1 Å². The zero-order valence-electron chi connectivity index (χ0n) is 21.9. The number of halogens is 1. The van der Waals surface area contributed by atoms with E-state index in [0.717, 1.165) is 22.7 Å². The summed E-state index contributed by atoms with van der Waals surface area (Å²) in [5.74, 6) is 1.11. The van der Waals surface area contributed by atoms with Gasteiger partial charge in [-0.25, -0.2) is 0 Å². The van der Waals surface area contributed by atoms with Gasteiger partial charge >= 0.3 is 0 Å². The van der Waals surface area contributed by atoms with Gasteiger partial charge in [0.15, 0.2) is 0 Å². The first-order chi connectivity index (χ1) is 16.7. The maximum Gasteiger partial charge on any atom is 0.242 e. The highest BCUT2D eigenvalue weighted by molar-refractivity contribution is 6.31. The minimum atomic E-state index is 0.0000109. The van der Waals surface area contributed by atoms with E-state index in [4.69, 9.17) is 11.6 Å². The number of benzene rings is 1. The van der Waals surface area contributed by atoms with Crippen molar-refractivity contribution in [1.29, 1.82) is 0 Å². The Kier molecular flexibility index (Phi) is 10.3. The Hall–Kier alpha value is -2.27. The van der Waals surface area contributed by atoms with Gasteiger partial charge in [-0.1, -0.05) is 69.3 Å². The van der Waals surface area contributed by atoms with Gasteiger partial charge in [0, 0.05) is 42.5 Å². The van der Waals surface area contributed by atoms with Gasteiger partial charge in [0.25, 0.3) is 0 Å². The van der Waals surface area contributed by atoms with E-state index >= 15 is 0 Å². The fourth-order valence-corrected chi connectivity index (χ4v) is 5.22. The van der Waals surface area contributed by atoms with Crippen molar-refractivity contribution < 1.29 is 9.59 Å². The van der Waals surface area contributed by atoms with Crippen molar-refractivity contribution >= 4 is 23.4 Å². The van der Waals surface area contributed by atoms with E-state index < -0.39 is 0 Å². The first kappa shape index (κ1) is 27.3. The van der Waals surface area contributed by atoms with Crippen LogP contribution in [0, 0.1) is 11.8 Å². The number of hydrogen-bond donors (Lipinski definition) is 0. The zero-order chi connectivity index (χ0) is 25.4. The first-order valence-electron chi connectivity index (χ1n) is 13.2. The summed E-state index contributed by atoms with van der Waals surface area (Å²) in [6.45, 7) is 10.2. The average molecular weight is 500 g/mol. The van der Waals surface area contributed by atoms with Gasteiger partial charge in [0.1, 0.15) is 0 Å². The molecule has 3 rings (SSSR count). The molecule has 35 heavy (non-hydrogen) atoms. The maximum absolute atomic E-state index is 13.5. The highest BCUT2D eigenvalue weighted by atomic mass is 35.5. The van der Waals surface area contributed by atoms with E-state index in [1.165, 1.54) is 25.7 Å². The van der Waals surface area contributed by atoms with Crippen LogP contribution in [-0.2, 0) is 22.7 Å².